The molecule has 128 valence electrons. The van der Waals surface area contributed by atoms with Gasteiger partial charge in [0.15, 0.2) is 0 Å². The van der Waals surface area contributed by atoms with Gasteiger partial charge in [0.25, 0.3) is 0 Å². The van der Waals surface area contributed by atoms with Crippen molar-refractivity contribution in [1.82, 2.24) is 25.2 Å². The molecule has 0 aliphatic carbocycles. The summed E-state index contributed by atoms with van der Waals surface area (Å²) in [6.07, 6.45) is 3.81. The fourth-order valence-corrected chi connectivity index (χ4v) is 2.92. The van der Waals surface area contributed by atoms with Gasteiger partial charge >= 0.3 is 0 Å². The molecule has 0 unspecified atom stereocenters. The lowest BCUT2D eigenvalue weighted by Gasteiger charge is -2.29. The average molecular weight is 328 g/mol. The van der Waals surface area contributed by atoms with Gasteiger partial charge in [-0.15, -0.1) is 5.10 Å². The van der Waals surface area contributed by atoms with E-state index in [4.69, 9.17) is 0 Å². The van der Waals surface area contributed by atoms with E-state index in [9.17, 15) is 4.79 Å². The third kappa shape index (κ3) is 4.11. The number of benzene rings is 1. The van der Waals surface area contributed by atoms with Crippen LogP contribution in [0.25, 0.3) is 11.3 Å². The van der Waals surface area contributed by atoms with E-state index in [1.807, 2.05) is 37.5 Å². The summed E-state index contributed by atoms with van der Waals surface area (Å²) in [7, 11) is 3.99. The first-order valence-electron chi connectivity index (χ1n) is 8.30. The molecular formula is C17H24N6O. The number of nitrogens with one attached hydrogen (secondary N) is 2. The van der Waals surface area contributed by atoms with Crippen LogP contribution >= 0.6 is 0 Å². The van der Waals surface area contributed by atoms with Crippen LogP contribution in [0.15, 0.2) is 30.5 Å². The van der Waals surface area contributed by atoms with Crippen molar-refractivity contribution in [2.24, 2.45) is 0 Å². The number of anilines is 1. The Morgan fingerprint density at radius 3 is 2.88 bits per heavy atom. The molecule has 0 radical (unpaired) electrons. The van der Waals surface area contributed by atoms with Crippen molar-refractivity contribution in [3.8, 4) is 11.3 Å². The number of piperidine rings is 1. The smallest absolute Gasteiger partial charge is 0.242 e. The monoisotopic (exact) mass is 328 g/mol. The van der Waals surface area contributed by atoms with Crippen LogP contribution in [0.4, 0.5) is 5.69 Å². The number of hydrogen-bond donors (Lipinski definition) is 2. The molecule has 2 heterocycles. The lowest BCUT2D eigenvalue weighted by Crippen LogP contribution is -2.44. The Morgan fingerprint density at radius 1 is 1.33 bits per heavy atom. The normalized spacial score (nSPS) is 16.1. The summed E-state index contributed by atoms with van der Waals surface area (Å²) in [5.41, 5.74) is 2.75. The number of carbonyl (C=O) groups is 1. The van der Waals surface area contributed by atoms with Crippen molar-refractivity contribution >= 4 is 11.6 Å². The van der Waals surface area contributed by atoms with E-state index >= 15 is 0 Å². The summed E-state index contributed by atoms with van der Waals surface area (Å²) in [5, 5.41) is 14.4. The van der Waals surface area contributed by atoms with Crippen LogP contribution in [-0.2, 0) is 11.3 Å². The van der Waals surface area contributed by atoms with Crippen LogP contribution in [-0.4, -0.2) is 59.0 Å². The zero-order valence-electron chi connectivity index (χ0n) is 14.2. The Bertz CT molecular complexity index is 690. The molecule has 2 aromatic rings. The van der Waals surface area contributed by atoms with Crippen LogP contribution in [0.3, 0.4) is 0 Å². The molecule has 1 amide bonds. The van der Waals surface area contributed by atoms with E-state index in [-0.39, 0.29) is 18.5 Å². The fraction of sp³-hybridized carbons (Fsp3) is 0.471. The van der Waals surface area contributed by atoms with E-state index in [1.54, 1.807) is 4.68 Å². The highest BCUT2D eigenvalue weighted by atomic mass is 16.2. The first kappa shape index (κ1) is 16.4. The van der Waals surface area contributed by atoms with Crippen molar-refractivity contribution in [3.63, 3.8) is 0 Å². The maximum absolute atomic E-state index is 12.2. The van der Waals surface area contributed by atoms with E-state index in [1.165, 1.54) is 0 Å². The van der Waals surface area contributed by atoms with E-state index in [0.29, 0.717) is 0 Å². The topological polar surface area (TPSA) is 75.1 Å². The van der Waals surface area contributed by atoms with Crippen LogP contribution in [0.1, 0.15) is 12.8 Å². The number of carbonyl (C=O) groups excluding carboxylic acids is 1. The van der Waals surface area contributed by atoms with Gasteiger partial charge in [-0.1, -0.05) is 17.3 Å². The quantitative estimate of drug-likeness (QED) is 0.862. The first-order chi connectivity index (χ1) is 11.6. The van der Waals surface area contributed by atoms with Gasteiger partial charge in [0.05, 0.1) is 6.20 Å². The van der Waals surface area contributed by atoms with Gasteiger partial charge in [-0.3, -0.25) is 4.79 Å². The third-order valence-corrected chi connectivity index (χ3v) is 4.37. The molecule has 0 spiro atoms. The average Bonchev–Trinajstić information content (AvgIpc) is 3.05. The molecule has 1 aliphatic rings. The van der Waals surface area contributed by atoms with Gasteiger partial charge in [0.2, 0.25) is 5.91 Å². The molecule has 1 aliphatic heterocycles. The summed E-state index contributed by atoms with van der Waals surface area (Å²) in [6, 6.07) is 8.21. The highest BCUT2D eigenvalue weighted by molar-refractivity contribution is 5.76. The fourth-order valence-electron chi connectivity index (χ4n) is 2.92. The summed E-state index contributed by atoms with van der Waals surface area (Å²) < 4.78 is 1.59. The van der Waals surface area contributed by atoms with Gasteiger partial charge in [-0.05, 0) is 45.1 Å². The van der Waals surface area contributed by atoms with Crippen LogP contribution in [0.2, 0.25) is 0 Å². The maximum Gasteiger partial charge on any atom is 0.242 e. The van der Waals surface area contributed by atoms with Crippen LogP contribution in [0, 0.1) is 0 Å². The minimum atomic E-state index is -0.00928. The number of aromatic nitrogens is 3. The molecule has 2 N–H and O–H groups in total. The zero-order valence-corrected chi connectivity index (χ0v) is 14.2. The first-order valence-corrected chi connectivity index (χ1v) is 8.30. The SMILES string of the molecule is CNc1cccc(-c2cn(CC(=O)NC3CCN(C)CC3)nn2)c1. The molecule has 7 heteroatoms. The third-order valence-electron chi connectivity index (χ3n) is 4.37. The molecule has 24 heavy (non-hydrogen) atoms. The van der Waals surface area contributed by atoms with Gasteiger partial charge < -0.3 is 15.5 Å². The van der Waals surface area contributed by atoms with Gasteiger partial charge in [-0.2, -0.15) is 0 Å². The van der Waals surface area contributed by atoms with E-state index < -0.39 is 0 Å². The van der Waals surface area contributed by atoms with Crippen molar-refractivity contribution in [3.05, 3.63) is 30.5 Å². The Balaban J connectivity index is 1.58. The molecule has 0 saturated carbocycles. The number of hydrogen-bond acceptors (Lipinski definition) is 5. The van der Waals surface area contributed by atoms with Crippen LogP contribution < -0.4 is 10.6 Å². The van der Waals surface area contributed by atoms with E-state index in [0.717, 1.165) is 42.9 Å². The van der Waals surface area contributed by atoms with Crippen molar-refractivity contribution in [2.45, 2.75) is 25.4 Å². The standard InChI is InChI=1S/C17H24N6O/c1-18-15-5-3-4-13(10-15)16-11-23(21-20-16)12-17(24)19-14-6-8-22(2)9-7-14/h3-5,10-11,14,18H,6-9,12H2,1-2H3,(H,19,24). The molecule has 1 aromatic heterocycles. The van der Waals surface area contributed by atoms with Crippen molar-refractivity contribution in [1.29, 1.82) is 0 Å². The lowest BCUT2D eigenvalue weighted by atomic mass is 10.1. The highest BCUT2D eigenvalue weighted by Crippen LogP contribution is 2.19. The summed E-state index contributed by atoms with van der Waals surface area (Å²) in [4.78, 5) is 14.5. The lowest BCUT2D eigenvalue weighted by molar-refractivity contribution is -0.122. The largest absolute Gasteiger partial charge is 0.388 e. The summed E-state index contributed by atoms with van der Waals surface area (Å²) in [6.45, 7) is 2.26. The molecule has 1 fully saturated rings. The molecule has 0 atom stereocenters. The predicted molar refractivity (Wildman–Crippen MR) is 93.7 cm³/mol. The molecule has 1 aromatic carbocycles. The van der Waals surface area contributed by atoms with Gasteiger partial charge in [0.1, 0.15) is 12.2 Å². The van der Waals surface area contributed by atoms with Crippen molar-refractivity contribution in [2.75, 3.05) is 32.5 Å². The minimum absolute atomic E-state index is 0.00928. The van der Waals surface area contributed by atoms with E-state index in [2.05, 4.69) is 32.9 Å². The number of nitrogens with zero attached hydrogens (tertiary/aromatic N) is 4. The highest BCUT2D eigenvalue weighted by Gasteiger charge is 2.18. The molecule has 3 rings (SSSR count). The zero-order chi connectivity index (χ0) is 16.9. The molecule has 1 saturated heterocycles. The Hall–Kier alpha value is -2.41. The number of amides is 1. The minimum Gasteiger partial charge on any atom is -0.388 e. The second kappa shape index (κ2) is 7.44. The predicted octanol–water partition coefficient (Wildman–Crippen LogP) is 1.20. The van der Waals surface area contributed by atoms with Crippen LogP contribution in [0.5, 0.6) is 0 Å². The van der Waals surface area contributed by atoms with Gasteiger partial charge in [-0.25, -0.2) is 4.68 Å². The van der Waals surface area contributed by atoms with Gasteiger partial charge in [0, 0.05) is 24.3 Å². The molecule has 0 bridgehead atoms. The Labute approximate surface area is 142 Å². The second-order valence-electron chi connectivity index (χ2n) is 6.28. The summed E-state index contributed by atoms with van der Waals surface area (Å²) >= 11 is 0. The summed E-state index contributed by atoms with van der Waals surface area (Å²) in [5.74, 6) is -0.00928. The Kier molecular flexibility index (Phi) is 5.10. The number of rotatable bonds is 5. The van der Waals surface area contributed by atoms with Crippen molar-refractivity contribution < 1.29 is 4.79 Å². The molecular weight excluding hydrogens is 304 g/mol. The number of likely N-dealkylation sites (tertiary alicyclic amines) is 1. The maximum atomic E-state index is 12.2. The molecule has 7 nitrogen and oxygen atoms in total. The second-order valence-corrected chi connectivity index (χ2v) is 6.28. The Morgan fingerprint density at radius 2 is 2.12 bits per heavy atom.